The minimum atomic E-state index is -0.153. The zero-order chi connectivity index (χ0) is 16.2. The van der Waals surface area contributed by atoms with E-state index in [4.69, 9.17) is 10.1 Å². The number of aromatic nitrogens is 2. The Hall–Kier alpha value is -2.76. The number of carbonyl (C=O) groups excluding carboxylic acids is 1. The summed E-state index contributed by atoms with van der Waals surface area (Å²) in [5.41, 5.74) is 2.93. The second kappa shape index (κ2) is 6.56. The summed E-state index contributed by atoms with van der Waals surface area (Å²) >= 11 is 0. The molecule has 1 aromatic carbocycles. The molecule has 0 amide bonds. The van der Waals surface area contributed by atoms with Crippen molar-refractivity contribution in [3.05, 3.63) is 42.4 Å². The van der Waals surface area contributed by atoms with Gasteiger partial charge in [-0.05, 0) is 25.0 Å². The van der Waals surface area contributed by atoms with E-state index in [2.05, 4.69) is 15.3 Å². The summed E-state index contributed by atoms with van der Waals surface area (Å²) in [6.07, 6.45) is 6.18. The number of benzene rings is 1. The third-order valence-electron chi connectivity index (χ3n) is 4.05. The van der Waals surface area contributed by atoms with Crippen LogP contribution < -0.4 is 5.32 Å². The van der Waals surface area contributed by atoms with Crippen LogP contribution in [0.2, 0.25) is 0 Å². The van der Waals surface area contributed by atoms with E-state index in [1.807, 2.05) is 24.3 Å². The second-order valence-electron chi connectivity index (χ2n) is 5.54. The van der Waals surface area contributed by atoms with Crippen LogP contribution in [-0.2, 0) is 9.53 Å². The second-order valence-corrected chi connectivity index (χ2v) is 5.54. The van der Waals surface area contributed by atoms with Gasteiger partial charge in [-0.3, -0.25) is 9.78 Å². The van der Waals surface area contributed by atoms with Crippen molar-refractivity contribution in [3.8, 4) is 0 Å². The number of nitrogens with one attached hydrogen (secondary N) is 2. The molecule has 1 heterocycles. The molecular weight excluding hydrogens is 292 g/mol. The van der Waals surface area contributed by atoms with Crippen LogP contribution in [-0.4, -0.2) is 35.3 Å². The van der Waals surface area contributed by atoms with E-state index >= 15 is 0 Å². The predicted molar refractivity (Wildman–Crippen MR) is 88.0 cm³/mol. The molecule has 1 aliphatic rings. The highest BCUT2D eigenvalue weighted by Crippen LogP contribution is 2.28. The first-order valence-electron chi connectivity index (χ1n) is 7.48. The van der Waals surface area contributed by atoms with Crippen LogP contribution >= 0.6 is 0 Å². The number of methoxy groups -OCH3 is 1. The van der Waals surface area contributed by atoms with Crippen molar-refractivity contribution in [2.45, 2.75) is 18.9 Å². The summed E-state index contributed by atoms with van der Waals surface area (Å²) in [7, 11) is 1.41. The number of fused-ring (bicyclic) bond motifs is 1. The number of para-hydroxylation sites is 2. The zero-order valence-corrected chi connectivity index (χ0v) is 12.8. The zero-order valence-electron chi connectivity index (χ0n) is 12.8. The van der Waals surface area contributed by atoms with Crippen LogP contribution in [0.1, 0.15) is 18.5 Å². The molecule has 118 valence electrons. The molecule has 0 bridgehead atoms. The molecule has 0 spiro atoms. The largest absolute Gasteiger partial charge is 0.469 e. The molecule has 6 heteroatoms. The van der Waals surface area contributed by atoms with Gasteiger partial charge in [-0.2, -0.15) is 0 Å². The van der Waals surface area contributed by atoms with E-state index in [1.165, 1.54) is 13.3 Å². The first kappa shape index (κ1) is 15.1. The summed E-state index contributed by atoms with van der Waals surface area (Å²) in [5.74, 6) is -0.172. The number of hydrogen-bond donors (Lipinski definition) is 2. The number of carbonyl (C=O) groups is 1. The lowest BCUT2D eigenvalue weighted by Crippen LogP contribution is -2.42. The number of nitrogens with zero attached hydrogens (tertiary/aromatic N) is 2. The average Bonchev–Trinajstić information content (AvgIpc) is 2.56. The highest BCUT2D eigenvalue weighted by molar-refractivity contribution is 6.07. The van der Waals surface area contributed by atoms with Gasteiger partial charge in [-0.15, -0.1) is 0 Å². The number of ether oxygens (including phenoxy) is 1. The van der Waals surface area contributed by atoms with Crippen molar-refractivity contribution in [1.29, 1.82) is 5.41 Å². The van der Waals surface area contributed by atoms with Gasteiger partial charge in [-0.25, -0.2) is 4.98 Å². The fraction of sp³-hybridized carbons (Fsp3) is 0.294. The van der Waals surface area contributed by atoms with Crippen molar-refractivity contribution < 1.29 is 9.53 Å². The number of hydrogen-bond acceptors (Lipinski definition) is 6. The maximum atomic E-state index is 11.4. The molecule has 0 radical (unpaired) electrons. The highest BCUT2D eigenvalue weighted by atomic mass is 16.5. The maximum absolute atomic E-state index is 11.4. The van der Waals surface area contributed by atoms with E-state index in [0.717, 1.165) is 23.9 Å². The molecule has 23 heavy (non-hydrogen) atoms. The Kier molecular flexibility index (Phi) is 4.32. The average molecular weight is 310 g/mol. The van der Waals surface area contributed by atoms with Crippen LogP contribution in [0.3, 0.4) is 0 Å². The Morgan fingerprint density at radius 2 is 2.09 bits per heavy atom. The van der Waals surface area contributed by atoms with Gasteiger partial charge in [0, 0.05) is 24.0 Å². The lowest BCUT2D eigenvalue weighted by molar-refractivity contribution is -0.149. The van der Waals surface area contributed by atoms with Gasteiger partial charge in [0.15, 0.2) is 0 Å². The molecule has 1 saturated carbocycles. The fourth-order valence-electron chi connectivity index (χ4n) is 2.61. The van der Waals surface area contributed by atoms with Gasteiger partial charge >= 0.3 is 5.97 Å². The summed E-state index contributed by atoms with van der Waals surface area (Å²) in [6.45, 7) is 0. The van der Waals surface area contributed by atoms with E-state index in [-0.39, 0.29) is 17.9 Å². The molecule has 1 aromatic heterocycles. The number of esters is 1. The predicted octanol–water partition coefficient (Wildman–Crippen LogP) is 2.16. The van der Waals surface area contributed by atoms with Crippen molar-refractivity contribution in [2.24, 2.45) is 5.92 Å². The monoisotopic (exact) mass is 310 g/mol. The van der Waals surface area contributed by atoms with Crippen LogP contribution in [0.5, 0.6) is 0 Å². The summed E-state index contributed by atoms with van der Waals surface area (Å²) in [6, 6.07) is 7.85. The maximum Gasteiger partial charge on any atom is 0.308 e. The SMILES string of the molecule is COC(=O)[C@H]1C[C@H](N/C=C(\C=N)c2cnc3ccccc3n2)C1. The van der Waals surface area contributed by atoms with E-state index in [9.17, 15) is 4.79 Å². The molecule has 0 aliphatic heterocycles. The first-order valence-corrected chi connectivity index (χ1v) is 7.48. The van der Waals surface area contributed by atoms with Crippen LogP contribution in [0.25, 0.3) is 16.6 Å². The summed E-state index contributed by atoms with van der Waals surface area (Å²) in [5, 5.41) is 10.8. The van der Waals surface area contributed by atoms with Crippen molar-refractivity contribution in [2.75, 3.05) is 7.11 Å². The third kappa shape index (κ3) is 3.21. The molecule has 0 atom stereocenters. The smallest absolute Gasteiger partial charge is 0.308 e. The molecule has 3 rings (SSSR count). The standard InChI is InChI=1S/C17H18N4O2/c1-23-17(22)11-6-13(7-11)19-9-12(8-18)16-10-20-14-4-2-3-5-15(14)21-16/h2-5,8-11,13,18-19H,6-7H2,1H3/b12-9+,18-8?/t11-,13-. The highest BCUT2D eigenvalue weighted by Gasteiger charge is 2.34. The Morgan fingerprint density at radius 3 is 2.78 bits per heavy atom. The molecule has 1 aliphatic carbocycles. The van der Waals surface area contributed by atoms with Crippen LogP contribution in [0, 0.1) is 11.3 Å². The summed E-state index contributed by atoms with van der Waals surface area (Å²) in [4.78, 5) is 20.3. The Labute approximate surface area is 134 Å². The van der Waals surface area contributed by atoms with Crippen molar-refractivity contribution in [1.82, 2.24) is 15.3 Å². The van der Waals surface area contributed by atoms with Gasteiger partial charge in [0.05, 0.1) is 36.0 Å². The van der Waals surface area contributed by atoms with Gasteiger partial charge in [0.2, 0.25) is 0 Å². The number of rotatable bonds is 5. The Balaban J connectivity index is 1.69. The number of allylic oxidation sites excluding steroid dienone is 1. The van der Waals surface area contributed by atoms with Gasteiger partial charge in [0.1, 0.15) is 0 Å². The Morgan fingerprint density at radius 1 is 1.35 bits per heavy atom. The first-order chi connectivity index (χ1) is 11.2. The molecule has 2 N–H and O–H groups in total. The quantitative estimate of drug-likeness (QED) is 0.652. The van der Waals surface area contributed by atoms with Crippen LogP contribution in [0.4, 0.5) is 0 Å². The lowest BCUT2D eigenvalue weighted by atomic mass is 9.80. The van der Waals surface area contributed by atoms with Crippen molar-refractivity contribution in [3.63, 3.8) is 0 Å². The van der Waals surface area contributed by atoms with E-state index in [0.29, 0.717) is 11.3 Å². The Bertz CT molecular complexity index is 766. The van der Waals surface area contributed by atoms with Crippen molar-refractivity contribution >= 4 is 28.8 Å². The fourth-order valence-corrected chi connectivity index (χ4v) is 2.61. The molecule has 1 fully saturated rings. The molecule has 0 saturated heterocycles. The molecule has 0 unspecified atom stereocenters. The minimum absolute atomic E-state index is 0.0187. The molecule has 2 aromatic rings. The van der Waals surface area contributed by atoms with Gasteiger partial charge < -0.3 is 15.5 Å². The van der Waals surface area contributed by atoms with Crippen LogP contribution in [0.15, 0.2) is 36.7 Å². The minimum Gasteiger partial charge on any atom is -0.469 e. The van der Waals surface area contributed by atoms with E-state index in [1.54, 1.807) is 12.4 Å². The third-order valence-corrected chi connectivity index (χ3v) is 4.05. The topological polar surface area (TPSA) is 88.0 Å². The normalized spacial score (nSPS) is 20.7. The van der Waals surface area contributed by atoms with E-state index < -0.39 is 0 Å². The van der Waals surface area contributed by atoms with Gasteiger partial charge in [-0.1, -0.05) is 12.1 Å². The lowest BCUT2D eigenvalue weighted by Gasteiger charge is -2.33. The molecular formula is C17H18N4O2. The van der Waals surface area contributed by atoms with Gasteiger partial charge in [0.25, 0.3) is 0 Å². The summed E-state index contributed by atoms with van der Waals surface area (Å²) < 4.78 is 4.72. The molecule has 6 nitrogen and oxygen atoms in total.